The minimum atomic E-state index is -0.864. The lowest BCUT2D eigenvalue weighted by molar-refractivity contribution is -0.143. The van der Waals surface area contributed by atoms with Crippen molar-refractivity contribution in [1.82, 2.24) is 5.01 Å². The number of rotatable bonds is 3. The summed E-state index contributed by atoms with van der Waals surface area (Å²) >= 11 is 3.43. The van der Waals surface area contributed by atoms with Crippen LogP contribution in [0.4, 0.5) is 4.39 Å². The van der Waals surface area contributed by atoms with Crippen LogP contribution in [0.3, 0.4) is 0 Å². The third kappa shape index (κ3) is 3.81. The summed E-state index contributed by atoms with van der Waals surface area (Å²) < 4.78 is 27.2. The second-order valence-electron chi connectivity index (χ2n) is 7.34. The van der Waals surface area contributed by atoms with Crippen molar-refractivity contribution in [3.8, 4) is 11.5 Å². The van der Waals surface area contributed by atoms with Gasteiger partial charge >= 0.3 is 0 Å². The topological polar surface area (TPSA) is 51.1 Å². The van der Waals surface area contributed by atoms with E-state index in [0.717, 1.165) is 10.0 Å². The smallest absolute Gasteiger partial charge is 0.287 e. The number of hydrogen-bond acceptors (Lipinski definition) is 4. The van der Waals surface area contributed by atoms with Crippen LogP contribution in [-0.4, -0.2) is 29.3 Å². The molecule has 5 nitrogen and oxygen atoms in total. The minimum Gasteiger partial charge on any atom is -0.485 e. The molecule has 0 spiro atoms. The monoisotopic (exact) mass is 480 g/mol. The number of carbonyl (C=O) groups excluding carboxylic acids is 1. The zero-order chi connectivity index (χ0) is 21.4. The maximum absolute atomic E-state index is 14.6. The molecule has 156 valence electrons. The quantitative estimate of drug-likeness (QED) is 0.523. The van der Waals surface area contributed by atoms with Gasteiger partial charge in [-0.2, -0.15) is 5.10 Å². The molecular weight excluding hydrogens is 463 g/mol. The molecule has 2 aliphatic rings. The molecule has 0 N–H and O–H groups in total. The predicted octanol–water partition coefficient (Wildman–Crippen LogP) is 5.11. The summed E-state index contributed by atoms with van der Waals surface area (Å²) in [6.07, 6.45) is -0.462. The molecule has 31 heavy (non-hydrogen) atoms. The van der Waals surface area contributed by atoms with Gasteiger partial charge in [0.2, 0.25) is 6.10 Å². The highest BCUT2D eigenvalue weighted by Gasteiger charge is 2.40. The standard InChI is InChI=1S/C24H18BrFN2O3/c25-16-11-9-15(10-12-16)19-13-20(17-5-1-2-6-18(17)26)28(27-19)24(29)23-14-30-21-7-3-4-8-22(21)31-23/h1-12,20,23H,13-14H2. The Hall–Kier alpha value is -3.19. The average Bonchev–Trinajstić information content (AvgIpc) is 3.24. The number of amides is 1. The van der Waals surface area contributed by atoms with Gasteiger partial charge in [0.1, 0.15) is 12.4 Å². The maximum Gasteiger partial charge on any atom is 0.287 e. The van der Waals surface area contributed by atoms with Crippen LogP contribution in [0.15, 0.2) is 82.4 Å². The normalized spacial score (nSPS) is 19.8. The number of ether oxygens (including phenoxy) is 2. The van der Waals surface area contributed by atoms with E-state index in [0.29, 0.717) is 29.2 Å². The average molecular weight is 481 g/mol. The van der Waals surface area contributed by atoms with Crippen molar-refractivity contribution < 1.29 is 18.7 Å². The minimum absolute atomic E-state index is 0.0689. The third-order valence-corrected chi connectivity index (χ3v) is 5.89. The molecule has 0 saturated heterocycles. The van der Waals surface area contributed by atoms with Gasteiger partial charge < -0.3 is 9.47 Å². The van der Waals surface area contributed by atoms with Crippen LogP contribution >= 0.6 is 15.9 Å². The van der Waals surface area contributed by atoms with Gasteiger partial charge in [0.05, 0.1) is 11.8 Å². The van der Waals surface area contributed by atoms with Gasteiger partial charge in [0.15, 0.2) is 11.5 Å². The van der Waals surface area contributed by atoms with Crippen molar-refractivity contribution in [3.05, 3.63) is 94.2 Å². The van der Waals surface area contributed by atoms with Gasteiger partial charge in [-0.05, 0) is 35.9 Å². The number of hydrazone groups is 1. The fourth-order valence-corrected chi connectivity index (χ4v) is 4.07. The zero-order valence-electron chi connectivity index (χ0n) is 16.4. The first kappa shape index (κ1) is 19.8. The third-order valence-electron chi connectivity index (χ3n) is 5.36. The molecule has 2 unspecified atom stereocenters. The van der Waals surface area contributed by atoms with Crippen molar-refractivity contribution in [3.63, 3.8) is 0 Å². The molecule has 2 atom stereocenters. The Labute approximate surface area is 187 Å². The van der Waals surface area contributed by atoms with Gasteiger partial charge in [0, 0.05) is 16.5 Å². The molecule has 3 aromatic carbocycles. The van der Waals surface area contributed by atoms with Crippen LogP contribution in [-0.2, 0) is 4.79 Å². The molecule has 3 aromatic rings. The molecule has 7 heteroatoms. The summed E-state index contributed by atoms with van der Waals surface area (Å²) in [5, 5.41) is 5.95. The predicted molar refractivity (Wildman–Crippen MR) is 118 cm³/mol. The van der Waals surface area contributed by atoms with E-state index in [4.69, 9.17) is 9.47 Å². The number of hydrogen-bond donors (Lipinski definition) is 0. The van der Waals surface area contributed by atoms with Crippen LogP contribution in [0.5, 0.6) is 11.5 Å². The molecule has 0 aromatic heterocycles. The lowest BCUT2D eigenvalue weighted by Gasteiger charge is -2.30. The van der Waals surface area contributed by atoms with Gasteiger partial charge in [-0.3, -0.25) is 4.79 Å². The summed E-state index contributed by atoms with van der Waals surface area (Å²) in [7, 11) is 0. The van der Waals surface area contributed by atoms with Crippen molar-refractivity contribution in [2.45, 2.75) is 18.6 Å². The summed E-state index contributed by atoms with van der Waals surface area (Å²) in [6.45, 7) is 0.0689. The number of carbonyl (C=O) groups is 1. The molecule has 2 heterocycles. The fourth-order valence-electron chi connectivity index (χ4n) is 3.81. The van der Waals surface area contributed by atoms with E-state index >= 15 is 0 Å². The Morgan fingerprint density at radius 1 is 1.00 bits per heavy atom. The lowest BCUT2D eigenvalue weighted by atomic mass is 9.98. The van der Waals surface area contributed by atoms with Crippen LogP contribution in [0, 0.1) is 5.82 Å². The molecule has 0 aliphatic carbocycles. The van der Waals surface area contributed by atoms with E-state index in [1.807, 2.05) is 36.4 Å². The zero-order valence-corrected chi connectivity index (χ0v) is 18.0. The molecule has 0 saturated carbocycles. The number of nitrogens with zero attached hydrogens (tertiary/aromatic N) is 2. The van der Waals surface area contributed by atoms with E-state index in [1.165, 1.54) is 11.1 Å². The van der Waals surface area contributed by atoms with Crippen LogP contribution < -0.4 is 9.47 Å². The van der Waals surface area contributed by atoms with Crippen molar-refractivity contribution in [2.24, 2.45) is 5.10 Å². The van der Waals surface area contributed by atoms with Crippen LogP contribution in [0.2, 0.25) is 0 Å². The molecule has 0 fully saturated rings. The highest BCUT2D eigenvalue weighted by Crippen LogP contribution is 2.37. The van der Waals surface area contributed by atoms with Crippen LogP contribution in [0.1, 0.15) is 23.6 Å². The van der Waals surface area contributed by atoms with Crippen LogP contribution in [0.25, 0.3) is 0 Å². The van der Waals surface area contributed by atoms with Crippen molar-refractivity contribution >= 4 is 27.5 Å². The maximum atomic E-state index is 14.6. The molecule has 5 rings (SSSR count). The van der Waals surface area contributed by atoms with Gasteiger partial charge in [0.25, 0.3) is 5.91 Å². The van der Waals surface area contributed by atoms with Crippen molar-refractivity contribution in [2.75, 3.05) is 6.61 Å². The Bertz CT molecular complexity index is 1170. The molecule has 0 radical (unpaired) electrons. The Morgan fingerprint density at radius 2 is 1.71 bits per heavy atom. The highest BCUT2D eigenvalue weighted by molar-refractivity contribution is 9.10. The molecule has 1 amide bonds. The van der Waals surface area contributed by atoms with E-state index in [2.05, 4.69) is 21.0 Å². The Kier molecular flexibility index (Phi) is 5.19. The molecule has 2 aliphatic heterocycles. The number of benzene rings is 3. The highest BCUT2D eigenvalue weighted by atomic mass is 79.9. The lowest BCUT2D eigenvalue weighted by Crippen LogP contribution is -2.44. The number of fused-ring (bicyclic) bond motifs is 1. The van der Waals surface area contributed by atoms with E-state index < -0.39 is 12.1 Å². The summed E-state index contributed by atoms with van der Waals surface area (Å²) in [5.74, 6) is 0.363. The summed E-state index contributed by atoms with van der Waals surface area (Å²) in [5.41, 5.74) is 2.01. The Balaban J connectivity index is 1.48. The van der Waals surface area contributed by atoms with Crippen molar-refractivity contribution in [1.29, 1.82) is 0 Å². The largest absolute Gasteiger partial charge is 0.485 e. The summed E-state index contributed by atoms with van der Waals surface area (Å²) in [6, 6.07) is 20.8. The van der Waals surface area contributed by atoms with Gasteiger partial charge in [-0.1, -0.05) is 58.4 Å². The summed E-state index contributed by atoms with van der Waals surface area (Å²) in [4.78, 5) is 13.4. The number of para-hydroxylation sites is 2. The first-order valence-corrected chi connectivity index (χ1v) is 10.7. The fraction of sp³-hybridized carbons (Fsp3) is 0.167. The van der Waals surface area contributed by atoms with Gasteiger partial charge in [-0.25, -0.2) is 9.40 Å². The second-order valence-corrected chi connectivity index (χ2v) is 8.26. The van der Waals surface area contributed by atoms with E-state index in [-0.39, 0.29) is 18.3 Å². The molecule has 0 bridgehead atoms. The van der Waals surface area contributed by atoms with Gasteiger partial charge in [-0.15, -0.1) is 0 Å². The second kappa shape index (κ2) is 8.15. The molecular formula is C24H18BrFN2O3. The van der Waals surface area contributed by atoms with E-state index in [9.17, 15) is 9.18 Å². The SMILES string of the molecule is O=C(C1COc2ccccc2O1)N1N=C(c2ccc(Br)cc2)CC1c1ccccc1F. The van der Waals surface area contributed by atoms with E-state index in [1.54, 1.807) is 30.3 Å². The first-order chi connectivity index (χ1) is 15.1. The number of halogens is 2. The first-order valence-electron chi connectivity index (χ1n) is 9.89. The Morgan fingerprint density at radius 3 is 2.48 bits per heavy atom.